The standard InChI is InChI=1S/C12H18N2O2/c1-16-12(15)11-8-9(4-6-13)2-3-10(11)5-7-14/h2-3,8H,4-7,13-14H2,1H3. The summed E-state index contributed by atoms with van der Waals surface area (Å²) in [4.78, 5) is 11.6. The maximum Gasteiger partial charge on any atom is 0.338 e. The molecule has 0 bridgehead atoms. The molecule has 0 aromatic heterocycles. The summed E-state index contributed by atoms with van der Waals surface area (Å²) in [5, 5.41) is 0. The predicted octanol–water partition coefficient (Wildman–Crippen LogP) is 0.476. The van der Waals surface area contributed by atoms with Crippen molar-refractivity contribution in [2.24, 2.45) is 11.5 Å². The third-order valence-corrected chi connectivity index (χ3v) is 2.43. The predicted molar refractivity (Wildman–Crippen MR) is 63.3 cm³/mol. The van der Waals surface area contributed by atoms with Crippen LogP contribution in [0.5, 0.6) is 0 Å². The van der Waals surface area contributed by atoms with Crippen LogP contribution in [0.3, 0.4) is 0 Å². The highest BCUT2D eigenvalue weighted by Crippen LogP contribution is 2.14. The molecule has 1 aromatic rings. The minimum Gasteiger partial charge on any atom is -0.465 e. The van der Waals surface area contributed by atoms with Crippen LogP contribution in [-0.4, -0.2) is 26.2 Å². The first-order chi connectivity index (χ1) is 7.72. The molecule has 0 heterocycles. The number of esters is 1. The van der Waals surface area contributed by atoms with Crippen LogP contribution in [0.4, 0.5) is 0 Å². The van der Waals surface area contributed by atoms with Crippen LogP contribution in [0.15, 0.2) is 18.2 Å². The third-order valence-electron chi connectivity index (χ3n) is 2.43. The number of ether oxygens (including phenoxy) is 1. The van der Waals surface area contributed by atoms with E-state index in [2.05, 4.69) is 0 Å². The second kappa shape index (κ2) is 6.25. The minimum atomic E-state index is -0.317. The molecule has 0 aliphatic carbocycles. The van der Waals surface area contributed by atoms with Gasteiger partial charge < -0.3 is 16.2 Å². The van der Waals surface area contributed by atoms with Crippen molar-refractivity contribution in [2.45, 2.75) is 12.8 Å². The summed E-state index contributed by atoms with van der Waals surface area (Å²) in [6.07, 6.45) is 1.43. The second-order valence-corrected chi connectivity index (χ2v) is 3.56. The van der Waals surface area contributed by atoms with Crippen LogP contribution < -0.4 is 11.5 Å². The molecule has 0 aliphatic rings. The topological polar surface area (TPSA) is 78.3 Å². The van der Waals surface area contributed by atoms with Crippen LogP contribution in [-0.2, 0) is 17.6 Å². The highest BCUT2D eigenvalue weighted by Gasteiger charge is 2.11. The number of benzene rings is 1. The molecule has 0 saturated carbocycles. The van der Waals surface area contributed by atoms with E-state index < -0.39 is 0 Å². The number of carbonyl (C=O) groups is 1. The molecular formula is C12H18N2O2. The second-order valence-electron chi connectivity index (χ2n) is 3.56. The zero-order chi connectivity index (χ0) is 12.0. The van der Waals surface area contributed by atoms with E-state index in [-0.39, 0.29) is 5.97 Å². The van der Waals surface area contributed by atoms with E-state index in [1.165, 1.54) is 7.11 Å². The summed E-state index contributed by atoms with van der Waals surface area (Å²) in [5.41, 5.74) is 13.5. The zero-order valence-electron chi connectivity index (χ0n) is 9.53. The van der Waals surface area contributed by atoms with Gasteiger partial charge in [-0.3, -0.25) is 0 Å². The largest absolute Gasteiger partial charge is 0.465 e. The van der Waals surface area contributed by atoms with E-state index in [1.54, 1.807) is 0 Å². The van der Waals surface area contributed by atoms with E-state index in [9.17, 15) is 4.79 Å². The summed E-state index contributed by atoms with van der Waals surface area (Å²) in [6.45, 7) is 1.08. The van der Waals surface area contributed by atoms with Gasteiger partial charge in [0.1, 0.15) is 0 Å². The molecule has 0 saturated heterocycles. The summed E-state index contributed by atoms with van der Waals surface area (Å²) >= 11 is 0. The Bertz CT molecular complexity index is 364. The average Bonchev–Trinajstić information content (AvgIpc) is 2.31. The van der Waals surface area contributed by atoms with Crippen molar-refractivity contribution in [1.82, 2.24) is 0 Å². The molecule has 1 rings (SSSR count). The first-order valence-corrected chi connectivity index (χ1v) is 5.33. The fourth-order valence-electron chi connectivity index (χ4n) is 1.62. The molecule has 16 heavy (non-hydrogen) atoms. The molecule has 4 N–H and O–H groups in total. The molecule has 0 spiro atoms. The fourth-order valence-corrected chi connectivity index (χ4v) is 1.62. The number of hydrogen-bond donors (Lipinski definition) is 2. The monoisotopic (exact) mass is 222 g/mol. The molecular weight excluding hydrogens is 204 g/mol. The molecule has 4 heteroatoms. The van der Waals surface area contributed by atoms with Crippen molar-refractivity contribution in [3.63, 3.8) is 0 Å². The SMILES string of the molecule is COC(=O)c1cc(CCN)ccc1CCN. The van der Waals surface area contributed by atoms with Crippen molar-refractivity contribution in [1.29, 1.82) is 0 Å². The number of nitrogens with two attached hydrogens (primary N) is 2. The Labute approximate surface area is 95.6 Å². The molecule has 88 valence electrons. The number of methoxy groups -OCH3 is 1. The maximum atomic E-state index is 11.6. The van der Waals surface area contributed by atoms with E-state index >= 15 is 0 Å². The number of rotatable bonds is 5. The van der Waals surface area contributed by atoms with Gasteiger partial charge in [0.2, 0.25) is 0 Å². The Balaban J connectivity index is 3.05. The Kier molecular flexibility index (Phi) is 4.95. The highest BCUT2D eigenvalue weighted by molar-refractivity contribution is 5.91. The summed E-state index contributed by atoms with van der Waals surface area (Å²) < 4.78 is 4.75. The summed E-state index contributed by atoms with van der Waals surface area (Å²) in [7, 11) is 1.38. The van der Waals surface area contributed by atoms with E-state index in [0.29, 0.717) is 25.1 Å². The van der Waals surface area contributed by atoms with Crippen LogP contribution >= 0.6 is 0 Å². The van der Waals surface area contributed by atoms with Crippen LogP contribution in [0.1, 0.15) is 21.5 Å². The molecule has 0 amide bonds. The van der Waals surface area contributed by atoms with Crippen LogP contribution in [0.2, 0.25) is 0 Å². The summed E-state index contributed by atoms with van der Waals surface area (Å²) in [5.74, 6) is -0.317. The van der Waals surface area contributed by atoms with E-state index in [1.807, 2.05) is 18.2 Å². The van der Waals surface area contributed by atoms with Gasteiger partial charge in [0.05, 0.1) is 12.7 Å². The van der Waals surface area contributed by atoms with E-state index in [0.717, 1.165) is 17.5 Å². The van der Waals surface area contributed by atoms with Crippen LogP contribution in [0.25, 0.3) is 0 Å². The molecule has 0 aliphatic heterocycles. The smallest absolute Gasteiger partial charge is 0.338 e. The molecule has 0 unspecified atom stereocenters. The van der Waals surface area contributed by atoms with Crippen molar-refractivity contribution in [3.8, 4) is 0 Å². The van der Waals surface area contributed by atoms with Gasteiger partial charge in [0.25, 0.3) is 0 Å². The van der Waals surface area contributed by atoms with Gasteiger partial charge in [-0.05, 0) is 43.1 Å². The number of carbonyl (C=O) groups excluding carboxylic acids is 1. The molecule has 0 fully saturated rings. The maximum absolute atomic E-state index is 11.6. The lowest BCUT2D eigenvalue weighted by Gasteiger charge is -2.09. The van der Waals surface area contributed by atoms with Gasteiger partial charge >= 0.3 is 5.97 Å². The average molecular weight is 222 g/mol. The Morgan fingerprint density at radius 3 is 2.50 bits per heavy atom. The minimum absolute atomic E-state index is 0.317. The lowest BCUT2D eigenvalue weighted by Crippen LogP contribution is -2.11. The highest BCUT2D eigenvalue weighted by atomic mass is 16.5. The van der Waals surface area contributed by atoms with Gasteiger partial charge in [-0.15, -0.1) is 0 Å². The molecule has 0 radical (unpaired) electrons. The van der Waals surface area contributed by atoms with Crippen molar-refractivity contribution < 1.29 is 9.53 Å². The van der Waals surface area contributed by atoms with Crippen LogP contribution in [0, 0.1) is 0 Å². The van der Waals surface area contributed by atoms with E-state index in [4.69, 9.17) is 16.2 Å². The van der Waals surface area contributed by atoms with Gasteiger partial charge in [0, 0.05) is 0 Å². The first kappa shape index (κ1) is 12.7. The Morgan fingerprint density at radius 1 is 1.25 bits per heavy atom. The van der Waals surface area contributed by atoms with Gasteiger partial charge in [0.15, 0.2) is 0 Å². The Morgan fingerprint density at radius 2 is 1.94 bits per heavy atom. The Hall–Kier alpha value is -1.39. The zero-order valence-corrected chi connectivity index (χ0v) is 9.53. The molecule has 0 atom stereocenters. The molecule has 1 aromatic carbocycles. The lowest BCUT2D eigenvalue weighted by molar-refractivity contribution is 0.0599. The summed E-state index contributed by atoms with van der Waals surface area (Å²) in [6, 6.07) is 5.73. The van der Waals surface area contributed by atoms with Crippen molar-refractivity contribution in [3.05, 3.63) is 34.9 Å². The van der Waals surface area contributed by atoms with Crippen molar-refractivity contribution in [2.75, 3.05) is 20.2 Å². The normalized spacial score (nSPS) is 10.2. The van der Waals surface area contributed by atoms with Gasteiger partial charge in [-0.1, -0.05) is 12.1 Å². The number of hydrogen-bond acceptors (Lipinski definition) is 4. The first-order valence-electron chi connectivity index (χ1n) is 5.33. The lowest BCUT2D eigenvalue weighted by atomic mass is 10.00. The van der Waals surface area contributed by atoms with Crippen molar-refractivity contribution >= 4 is 5.97 Å². The molecule has 4 nitrogen and oxygen atoms in total. The van der Waals surface area contributed by atoms with Gasteiger partial charge in [-0.25, -0.2) is 4.79 Å². The quantitative estimate of drug-likeness (QED) is 0.710. The van der Waals surface area contributed by atoms with Gasteiger partial charge in [-0.2, -0.15) is 0 Å². The third kappa shape index (κ3) is 3.05. The fraction of sp³-hybridized carbons (Fsp3) is 0.417.